The Balaban J connectivity index is 1.77. The zero-order chi connectivity index (χ0) is 21.0. The highest BCUT2D eigenvalue weighted by Crippen LogP contribution is 2.37. The minimum absolute atomic E-state index is 0.0360. The van der Waals surface area contributed by atoms with Crippen molar-refractivity contribution in [2.45, 2.75) is 12.7 Å². The topological polar surface area (TPSA) is 74.6 Å². The van der Waals surface area contributed by atoms with Gasteiger partial charge < -0.3 is 20.0 Å². The van der Waals surface area contributed by atoms with Gasteiger partial charge in [0.2, 0.25) is 0 Å². The lowest BCUT2D eigenvalue weighted by Gasteiger charge is -2.20. The summed E-state index contributed by atoms with van der Waals surface area (Å²) in [6.45, 7) is 0.266. The van der Waals surface area contributed by atoms with Crippen molar-refractivity contribution in [1.29, 1.82) is 0 Å². The summed E-state index contributed by atoms with van der Waals surface area (Å²) in [6.07, 6.45) is -3.46. The molecule has 0 radical (unpaired) electrons. The quantitative estimate of drug-likeness (QED) is 0.587. The van der Waals surface area contributed by atoms with Crippen LogP contribution in [0.15, 0.2) is 58.5 Å². The Labute approximate surface area is 167 Å². The van der Waals surface area contributed by atoms with Crippen LogP contribution >= 0.6 is 11.3 Å². The van der Waals surface area contributed by atoms with Gasteiger partial charge in [0.05, 0.1) is 24.1 Å². The first kappa shape index (κ1) is 20.5. The highest BCUT2D eigenvalue weighted by atomic mass is 32.1. The van der Waals surface area contributed by atoms with Gasteiger partial charge in [-0.1, -0.05) is 6.07 Å². The van der Waals surface area contributed by atoms with Gasteiger partial charge in [0.15, 0.2) is 5.76 Å². The molecule has 0 saturated carbocycles. The first-order valence-corrected chi connectivity index (χ1v) is 9.22. The lowest BCUT2D eigenvalue weighted by atomic mass is 10.1. The molecule has 0 aliphatic heterocycles. The molecular formula is C19H16F3N3O3S. The Bertz CT molecular complexity index is 986. The van der Waals surface area contributed by atoms with Crippen LogP contribution in [0.3, 0.4) is 0 Å². The second-order valence-electron chi connectivity index (χ2n) is 6.06. The number of carbonyl (C=O) groups is 2. The number of thiophene rings is 1. The van der Waals surface area contributed by atoms with E-state index in [1.807, 2.05) is 17.5 Å². The monoisotopic (exact) mass is 423 g/mol. The lowest BCUT2D eigenvalue weighted by Crippen LogP contribution is -2.31. The second-order valence-corrected chi connectivity index (χ2v) is 7.09. The summed E-state index contributed by atoms with van der Waals surface area (Å²) >= 11 is 1.44. The van der Waals surface area contributed by atoms with Crippen molar-refractivity contribution in [2.24, 2.45) is 0 Å². The molecule has 29 heavy (non-hydrogen) atoms. The fourth-order valence-electron chi connectivity index (χ4n) is 2.48. The molecule has 0 spiro atoms. The molecule has 0 aliphatic rings. The molecular weight excluding hydrogens is 407 g/mol. The van der Waals surface area contributed by atoms with Crippen molar-refractivity contribution in [1.82, 2.24) is 4.90 Å². The van der Waals surface area contributed by atoms with Gasteiger partial charge in [-0.25, -0.2) is 4.79 Å². The number of hydrogen-bond acceptors (Lipinski definition) is 4. The van der Waals surface area contributed by atoms with Crippen LogP contribution in [0.2, 0.25) is 0 Å². The Kier molecular flexibility index (Phi) is 5.92. The number of carbonyl (C=O) groups excluding carboxylic acids is 2. The van der Waals surface area contributed by atoms with Gasteiger partial charge in [0, 0.05) is 17.6 Å². The molecule has 2 N–H and O–H groups in total. The number of urea groups is 1. The number of anilines is 2. The predicted molar refractivity (Wildman–Crippen MR) is 103 cm³/mol. The van der Waals surface area contributed by atoms with Gasteiger partial charge in [-0.2, -0.15) is 13.2 Å². The molecule has 0 aliphatic carbocycles. The van der Waals surface area contributed by atoms with Crippen LogP contribution in [0.1, 0.15) is 21.0 Å². The van der Waals surface area contributed by atoms with E-state index in [0.29, 0.717) is 0 Å². The first-order chi connectivity index (χ1) is 13.7. The predicted octanol–water partition coefficient (Wildman–Crippen LogP) is 5.28. The third kappa shape index (κ3) is 5.17. The molecule has 3 amide bonds. The summed E-state index contributed by atoms with van der Waals surface area (Å²) in [5.74, 6) is -0.721. The number of furan rings is 1. The average molecular weight is 423 g/mol. The number of alkyl halides is 3. The molecule has 2 aromatic heterocycles. The maximum atomic E-state index is 13.5. The maximum Gasteiger partial charge on any atom is 0.418 e. The Hall–Kier alpha value is -3.27. The van der Waals surface area contributed by atoms with Gasteiger partial charge in [-0.05, 0) is 41.8 Å². The van der Waals surface area contributed by atoms with E-state index in [1.165, 1.54) is 47.7 Å². The van der Waals surface area contributed by atoms with Crippen LogP contribution in [0, 0.1) is 0 Å². The molecule has 6 nitrogen and oxygen atoms in total. The summed E-state index contributed by atoms with van der Waals surface area (Å²) in [7, 11) is 1.49. The number of hydrogen-bond donors (Lipinski definition) is 2. The van der Waals surface area contributed by atoms with Gasteiger partial charge in [-0.15, -0.1) is 11.3 Å². The zero-order valence-corrected chi connectivity index (χ0v) is 15.9. The minimum Gasteiger partial charge on any atom is -0.459 e. The highest BCUT2D eigenvalue weighted by molar-refractivity contribution is 7.09. The summed E-state index contributed by atoms with van der Waals surface area (Å²) in [5.41, 5.74) is -1.56. The molecule has 0 bridgehead atoms. The Morgan fingerprint density at radius 3 is 2.55 bits per heavy atom. The first-order valence-electron chi connectivity index (χ1n) is 8.34. The third-order valence-corrected chi connectivity index (χ3v) is 4.75. The van der Waals surface area contributed by atoms with Crippen molar-refractivity contribution < 1.29 is 27.2 Å². The van der Waals surface area contributed by atoms with Crippen LogP contribution in [0.4, 0.5) is 29.3 Å². The van der Waals surface area contributed by atoms with E-state index in [2.05, 4.69) is 10.6 Å². The lowest BCUT2D eigenvalue weighted by molar-refractivity contribution is -0.136. The normalized spacial score (nSPS) is 11.2. The summed E-state index contributed by atoms with van der Waals surface area (Å²) in [4.78, 5) is 26.5. The Morgan fingerprint density at radius 2 is 1.93 bits per heavy atom. The van der Waals surface area contributed by atoms with E-state index in [0.717, 1.165) is 17.0 Å². The molecule has 2 heterocycles. The minimum atomic E-state index is -4.74. The van der Waals surface area contributed by atoms with Crippen LogP contribution in [-0.2, 0) is 12.7 Å². The van der Waals surface area contributed by atoms with E-state index in [-0.39, 0.29) is 18.0 Å². The molecule has 0 fully saturated rings. The second kappa shape index (κ2) is 8.39. The molecule has 3 rings (SSSR count). The van der Waals surface area contributed by atoms with Crippen molar-refractivity contribution in [3.8, 4) is 0 Å². The van der Waals surface area contributed by atoms with Gasteiger partial charge >= 0.3 is 12.2 Å². The molecule has 0 unspecified atom stereocenters. The number of nitrogens with zero attached hydrogens (tertiary/aromatic N) is 1. The average Bonchev–Trinajstić information content (AvgIpc) is 3.35. The number of benzene rings is 1. The maximum absolute atomic E-state index is 13.5. The molecule has 0 saturated heterocycles. The van der Waals surface area contributed by atoms with Crippen molar-refractivity contribution in [3.63, 3.8) is 0 Å². The van der Waals surface area contributed by atoms with E-state index in [4.69, 9.17) is 4.42 Å². The van der Waals surface area contributed by atoms with Crippen LogP contribution in [0.5, 0.6) is 0 Å². The van der Waals surface area contributed by atoms with Crippen LogP contribution in [-0.4, -0.2) is 23.9 Å². The third-order valence-electron chi connectivity index (χ3n) is 3.89. The van der Waals surface area contributed by atoms with Gasteiger partial charge in [-0.3, -0.25) is 4.79 Å². The summed E-state index contributed by atoms with van der Waals surface area (Å²) < 4.78 is 45.4. The summed E-state index contributed by atoms with van der Waals surface area (Å²) in [6, 6.07) is 8.96. The fraction of sp³-hybridized carbons (Fsp3) is 0.158. The number of rotatable bonds is 5. The van der Waals surface area contributed by atoms with Crippen LogP contribution < -0.4 is 10.6 Å². The zero-order valence-electron chi connectivity index (χ0n) is 15.1. The molecule has 3 aromatic rings. The molecule has 152 valence electrons. The van der Waals surface area contributed by atoms with E-state index >= 15 is 0 Å². The van der Waals surface area contributed by atoms with Crippen LogP contribution in [0.25, 0.3) is 0 Å². The fourth-order valence-corrected chi connectivity index (χ4v) is 3.24. The van der Waals surface area contributed by atoms with Crippen molar-refractivity contribution in [3.05, 3.63) is 70.3 Å². The van der Waals surface area contributed by atoms with Gasteiger partial charge in [0.1, 0.15) is 0 Å². The molecule has 10 heteroatoms. The van der Waals surface area contributed by atoms with Crippen molar-refractivity contribution >= 4 is 34.6 Å². The SMILES string of the molecule is CN(Cc1cccs1)C(=O)Nc1ccc(NC(=O)c2ccco2)cc1C(F)(F)F. The molecule has 1 aromatic carbocycles. The Morgan fingerprint density at radius 1 is 1.14 bits per heavy atom. The number of amides is 3. The number of halogens is 3. The number of nitrogens with one attached hydrogen (secondary N) is 2. The highest BCUT2D eigenvalue weighted by Gasteiger charge is 2.34. The van der Waals surface area contributed by atoms with E-state index in [1.54, 1.807) is 0 Å². The molecule has 0 atom stereocenters. The smallest absolute Gasteiger partial charge is 0.418 e. The van der Waals surface area contributed by atoms with Crippen molar-refractivity contribution in [2.75, 3.05) is 17.7 Å². The summed E-state index contributed by atoms with van der Waals surface area (Å²) in [5, 5.41) is 6.46. The van der Waals surface area contributed by atoms with E-state index in [9.17, 15) is 22.8 Å². The standard InChI is InChI=1S/C19H16F3N3O3S/c1-25(11-13-4-3-9-29-13)18(27)24-15-7-6-12(10-14(15)19(20,21)22)23-17(26)16-5-2-8-28-16/h2-10H,11H2,1H3,(H,23,26)(H,24,27). The van der Waals surface area contributed by atoms with Gasteiger partial charge in [0.25, 0.3) is 5.91 Å². The van der Waals surface area contributed by atoms with E-state index < -0.39 is 29.4 Å². The largest absolute Gasteiger partial charge is 0.459 e.